The summed E-state index contributed by atoms with van der Waals surface area (Å²) in [6, 6.07) is 8.65. The maximum atomic E-state index is 11.9. The van der Waals surface area contributed by atoms with Gasteiger partial charge < -0.3 is 14.7 Å². The maximum absolute atomic E-state index is 11.9. The van der Waals surface area contributed by atoms with Crippen molar-refractivity contribution in [2.24, 2.45) is 0 Å². The molecule has 180 valence electrons. The third kappa shape index (κ3) is 4.41. The quantitative estimate of drug-likeness (QED) is 0.672. The van der Waals surface area contributed by atoms with E-state index in [0.29, 0.717) is 17.6 Å². The lowest BCUT2D eigenvalue weighted by Crippen LogP contribution is -2.79. The molecule has 0 aromatic heterocycles. The number of methoxy groups -OCH3 is 1. The summed E-state index contributed by atoms with van der Waals surface area (Å²) in [5.74, 6) is -0.121. The van der Waals surface area contributed by atoms with Crippen LogP contribution in [-0.2, 0) is 16.1 Å². The Morgan fingerprint density at radius 2 is 1.88 bits per heavy atom. The van der Waals surface area contributed by atoms with Crippen molar-refractivity contribution < 1.29 is 19.4 Å². The van der Waals surface area contributed by atoms with E-state index in [-0.39, 0.29) is 23.5 Å². The molecule has 1 aromatic carbocycles. The Bertz CT molecular complexity index is 894. The SMILES string of the molecule is COC(=O)c1cccc(CN2C[C@@H]3C[C@@H](O)CN3C3(C2)CN(C2CCN(C(C)=O)CC2)C3)c1. The zero-order valence-electron chi connectivity index (χ0n) is 19.8. The van der Waals surface area contributed by atoms with Crippen LogP contribution >= 0.6 is 0 Å². The van der Waals surface area contributed by atoms with Crippen molar-refractivity contribution in [3.8, 4) is 0 Å². The molecule has 1 amide bonds. The highest BCUT2D eigenvalue weighted by molar-refractivity contribution is 5.89. The second-order valence-corrected chi connectivity index (χ2v) is 10.4. The lowest BCUT2D eigenvalue weighted by Gasteiger charge is -2.63. The summed E-state index contributed by atoms with van der Waals surface area (Å²) in [5.41, 5.74) is 1.79. The Labute approximate surface area is 196 Å². The smallest absolute Gasteiger partial charge is 0.337 e. The van der Waals surface area contributed by atoms with E-state index in [9.17, 15) is 14.7 Å². The highest BCUT2D eigenvalue weighted by atomic mass is 16.5. The predicted octanol–water partition coefficient (Wildman–Crippen LogP) is 0.789. The topological polar surface area (TPSA) is 76.6 Å². The molecule has 8 heteroatoms. The Morgan fingerprint density at radius 3 is 2.58 bits per heavy atom. The van der Waals surface area contributed by atoms with Crippen LogP contribution in [0.4, 0.5) is 0 Å². The number of benzene rings is 1. The number of nitrogens with zero attached hydrogens (tertiary/aromatic N) is 4. The molecule has 4 heterocycles. The summed E-state index contributed by atoms with van der Waals surface area (Å²) in [4.78, 5) is 33.3. The van der Waals surface area contributed by atoms with Crippen molar-refractivity contribution in [1.82, 2.24) is 19.6 Å². The second-order valence-electron chi connectivity index (χ2n) is 10.4. The highest BCUT2D eigenvalue weighted by Gasteiger charge is 2.57. The predicted molar refractivity (Wildman–Crippen MR) is 124 cm³/mol. The molecule has 33 heavy (non-hydrogen) atoms. The van der Waals surface area contributed by atoms with E-state index in [1.807, 2.05) is 17.0 Å². The van der Waals surface area contributed by atoms with Crippen molar-refractivity contribution in [2.45, 2.75) is 56.5 Å². The van der Waals surface area contributed by atoms with Gasteiger partial charge in [0.1, 0.15) is 0 Å². The third-order valence-electron chi connectivity index (χ3n) is 8.16. The summed E-state index contributed by atoms with van der Waals surface area (Å²) in [5, 5.41) is 10.4. The molecular weight excluding hydrogens is 420 g/mol. The van der Waals surface area contributed by atoms with Crippen LogP contribution in [0, 0.1) is 0 Å². The van der Waals surface area contributed by atoms with Gasteiger partial charge in [-0.15, -0.1) is 0 Å². The summed E-state index contributed by atoms with van der Waals surface area (Å²) in [7, 11) is 1.41. The number of hydrogen-bond donors (Lipinski definition) is 1. The number of aliphatic hydroxyl groups excluding tert-OH is 1. The molecule has 0 radical (unpaired) electrons. The fraction of sp³-hybridized carbons (Fsp3) is 0.680. The van der Waals surface area contributed by atoms with Gasteiger partial charge in [0.25, 0.3) is 0 Å². The molecule has 4 saturated heterocycles. The number of likely N-dealkylation sites (tertiary alicyclic amines) is 2. The van der Waals surface area contributed by atoms with Gasteiger partial charge in [-0.3, -0.25) is 19.5 Å². The minimum Gasteiger partial charge on any atom is -0.465 e. The Kier molecular flexibility index (Phi) is 6.20. The van der Waals surface area contributed by atoms with Crippen LogP contribution in [0.25, 0.3) is 0 Å². The van der Waals surface area contributed by atoms with Gasteiger partial charge in [-0.25, -0.2) is 4.79 Å². The number of piperazine rings is 1. The zero-order valence-corrected chi connectivity index (χ0v) is 19.8. The fourth-order valence-electron chi connectivity index (χ4n) is 6.60. The molecule has 8 nitrogen and oxygen atoms in total. The number of piperidine rings is 1. The third-order valence-corrected chi connectivity index (χ3v) is 8.16. The van der Waals surface area contributed by atoms with Gasteiger partial charge in [-0.1, -0.05) is 12.1 Å². The van der Waals surface area contributed by atoms with Crippen LogP contribution in [0.1, 0.15) is 42.1 Å². The number of carbonyl (C=O) groups excluding carboxylic acids is 2. The first kappa shape index (κ1) is 22.8. The van der Waals surface area contributed by atoms with Gasteiger partial charge in [-0.2, -0.15) is 0 Å². The molecule has 1 N–H and O–H groups in total. The van der Waals surface area contributed by atoms with Crippen LogP contribution in [0.2, 0.25) is 0 Å². The van der Waals surface area contributed by atoms with E-state index in [0.717, 1.165) is 77.2 Å². The summed E-state index contributed by atoms with van der Waals surface area (Å²) < 4.78 is 4.88. The molecule has 0 bridgehead atoms. The molecule has 0 aliphatic carbocycles. The molecule has 0 saturated carbocycles. The molecule has 4 fully saturated rings. The Balaban J connectivity index is 1.26. The average molecular weight is 457 g/mol. The first-order chi connectivity index (χ1) is 15.9. The molecule has 4 aliphatic rings. The van der Waals surface area contributed by atoms with Crippen molar-refractivity contribution in [3.05, 3.63) is 35.4 Å². The number of rotatable bonds is 4. The monoisotopic (exact) mass is 456 g/mol. The average Bonchev–Trinajstić information content (AvgIpc) is 3.17. The van der Waals surface area contributed by atoms with Crippen molar-refractivity contribution >= 4 is 11.9 Å². The number of fused-ring (bicyclic) bond motifs is 2. The lowest BCUT2D eigenvalue weighted by atomic mass is 9.81. The molecular formula is C25H36N4O4. The lowest BCUT2D eigenvalue weighted by molar-refractivity contribution is -0.140. The summed E-state index contributed by atoms with van der Waals surface area (Å²) >= 11 is 0. The largest absolute Gasteiger partial charge is 0.465 e. The standard InChI is InChI=1S/C25H36N4O4/c1-18(30)27-8-6-21(7-9-27)28-16-25(17-28)15-26(13-22-11-23(31)14-29(22)25)12-19-4-3-5-20(10-19)24(32)33-2/h3-5,10,21-23,31H,6-9,11-17H2,1-2H3/t22-,23+/m0/s1. The summed E-state index contributed by atoms with van der Waals surface area (Å²) in [6.45, 7) is 8.92. The Morgan fingerprint density at radius 1 is 1.12 bits per heavy atom. The number of amides is 1. The first-order valence-electron chi connectivity index (χ1n) is 12.2. The summed E-state index contributed by atoms with van der Waals surface area (Å²) in [6.07, 6.45) is 2.68. The van der Waals surface area contributed by atoms with Gasteiger partial charge in [0.15, 0.2) is 0 Å². The molecule has 1 spiro atoms. The number of aliphatic hydroxyl groups is 1. The van der Waals surface area contributed by atoms with E-state index in [1.54, 1.807) is 13.0 Å². The van der Waals surface area contributed by atoms with E-state index in [4.69, 9.17) is 4.74 Å². The van der Waals surface area contributed by atoms with Crippen LogP contribution < -0.4 is 0 Å². The van der Waals surface area contributed by atoms with Gasteiger partial charge >= 0.3 is 5.97 Å². The van der Waals surface area contributed by atoms with Gasteiger partial charge in [0, 0.05) is 71.4 Å². The first-order valence-corrected chi connectivity index (χ1v) is 12.2. The molecule has 4 aliphatic heterocycles. The van der Waals surface area contributed by atoms with Crippen molar-refractivity contribution in [3.63, 3.8) is 0 Å². The van der Waals surface area contributed by atoms with Gasteiger partial charge in [0.2, 0.25) is 5.91 Å². The number of hydrogen-bond acceptors (Lipinski definition) is 7. The van der Waals surface area contributed by atoms with Crippen LogP contribution in [0.15, 0.2) is 24.3 Å². The molecule has 1 aromatic rings. The van der Waals surface area contributed by atoms with E-state index in [2.05, 4.69) is 20.8 Å². The second kappa shape index (κ2) is 8.98. The van der Waals surface area contributed by atoms with Crippen molar-refractivity contribution in [2.75, 3.05) is 52.9 Å². The molecule has 2 atom stereocenters. The van der Waals surface area contributed by atoms with E-state index < -0.39 is 0 Å². The van der Waals surface area contributed by atoms with Gasteiger partial charge in [-0.05, 0) is 37.0 Å². The highest BCUT2D eigenvalue weighted by Crippen LogP contribution is 2.41. The van der Waals surface area contributed by atoms with Crippen LogP contribution in [0.5, 0.6) is 0 Å². The number of ether oxygens (including phenoxy) is 1. The van der Waals surface area contributed by atoms with Crippen molar-refractivity contribution in [1.29, 1.82) is 0 Å². The Hall–Kier alpha value is -2.00. The minimum absolute atomic E-state index is 0.0814. The molecule has 5 rings (SSSR count). The minimum atomic E-state index is -0.303. The number of β-amino-alcohol motifs (C(OH)–C–C–N with tert-alkyl or cyclic N) is 1. The van der Waals surface area contributed by atoms with Crippen LogP contribution in [-0.4, -0.2) is 113 Å². The number of esters is 1. The normalized spacial score (nSPS) is 28.5. The fourth-order valence-corrected chi connectivity index (χ4v) is 6.60. The van der Waals surface area contributed by atoms with Crippen LogP contribution in [0.3, 0.4) is 0 Å². The maximum Gasteiger partial charge on any atom is 0.337 e. The van der Waals surface area contributed by atoms with Gasteiger partial charge in [0.05, 0.1) is 24.3 Å². The zero-order chi connectivity index (χ0) is 23.2. The van der Waals surface area contributed by atoms with E-state index >= 15 is 0 Å². The van der Waals surface area contributed by atoms with E-state index in [1.165, 1.54) is 7.11 Å². The molecule has 0 unspecified atom stereocenters. The number of carbonyl (C=O) groups is 2.